The fraction of sp³-hybridized carbons (Fsp3) is 0.667. The quantitative estimate of drug-likeness (QED) is 0.741. The van der Waals surface area contributed by atoms with E-state index in [0.717, 1.165) is 17.8 Å². The number of ether oxygens (including phenoxy) is 1. The number of hydrogen-bond acceptors (Lipinski definition) is 4. The van der Waals surface area contributed by atoms with E-state index in [1.807, 2.05) is 18.7 Å². The Labute approximate surface area is 113 Å². The van der Waals surface area contributed by atoms with Gasteiger partial charge in [0.25, 0.3) is 0 Å². The molecule has 0 aliphatic rings. The number of likely N-dealkylation sites (N-methyl/N-ethyl adjacent to an activating group) is 1. The van der Waals surface area contributed by atoms with Gasteiger partial charge >= 0.3 is 5.97 Å². The molecule has 0 aliphatic heterocycles. The Bertz CT molecular complexity index is 418. The van der Waals surface area contributed by atoms with Crippen molar-refractivity contribution in [2.24, 2.45) is 7.05 Å². The van der Waals surface area contributed by atoms with Gasteiger partial charge in [-0.25, -0.2) is 0 Å². The third-order valence-corrected chi connectivity index (χ3v) is 3.23. The topological polar surface area (TPSA) is 47.4 Å². The Morgan fingerprint density at radius 1 is 1.50 bits per heavy atom. The largest absolute Gasteiger partial charge is 0.465 e. The second-order valence-electron chi connectivity index (χ2n) is 4.09. The molecule has 1 aromatic rings. The first-order valence-corrected chi connectivity index (χ1v) is 6.43. The average Bonchev–Trinajstić information content (AvgIpc) is 2.55. The van der Waals surface area contributed by atoms with Crippen molar-refractivity contribution in [2.45, 2.75) is 27.3 Å². The summed E-state index contributed by atoms with van der Waals surface area (Å²) >= 11 is 6.17. The number of halogens is 1. The van der Waals surface area contributed by atoms with Crippen LogP contribution in [-0.2, 0) is 23.1 Å². The van der Waals surface area contributed by atoms with Crippen molar-refractivity contribution < 1.29 is 9.53 Å². The van der Waals surface area contributed by atoms with E-state index in [1.165, 1.54) is 0 Å². The molecule has 6 heteroatoms. The lowest BCUT2D eigenvalue weighted by Gasteiger charge is -2.19. The van der Waals surface area contributed by atoms with Crippen LogP contribution in [0.1, 0.15) is 25.1 Å². The lowest BCUT2D eigenvalue weighted by molar-refractivity contribution is -0.144. The molecular formula is C12H20ClN3O2. The molecule has 1 heterocycles. The van der Waals surface area contributed by atoms with Crippen LogP contribution in [0, 0.1) is 6.92 Å². The number of nitrogens with zero attached hydrogens (tertiary/aromatic N) is 3. The van der Waals surface area contributed by atoms with E-state index in [2.05, 4.69) is 5.10 Å². The van der Waals surface area contributed by atoms with Crippen LogP contribution in [0.4, 0.5) is 0 Å². The maximum atomic E-state index is 11.5. The van der Waals surface area contributed by atoms with E-state index in [4.69, 9.17) is 16.3 Å². The Hall–Kier alpha value is -1.07. The Balaban J connectivity index is 2.71. The zero-order chi connectivity index (χ0) is 13.7. The molecule has 0 amide bonds. The maximum absolute atomic E-state index is 11.5. The van der Waals surface area contributed by atoms with E-state index in [0.29, 0.717) is 18.3 Å². The molecule has 0 aromatic carbocycles. The smallest absolute Gasteiger partial charge is 0.320 e. The lowest BCUT2D eigenvalue weighted by Crippen LogP contribution is -2.30. The first-order chi connectivity index (χ1) is 8.49. The molecule has 0 radical (unpaired) electrons. The van der Waals surface area contributed by atoms with Gasteiger partial charge in [-0.1, -0.05) is 18.5 Å². The molecule has 0 saturated heterocycles. The Morgan fingerprint density at radius 2 is 2.17 bits per heavy atom. The number of aryl methyl sites for hydroxylation is 2. The minimum absolute atomic E-state index is 0.211. The number of carbonyl (C=O) groups excluding carboxylic acids is 1. The summed E-state index contributed by atoms with van der Waals surface area (Å²) in [5.74, 6) is -0.211. The summed E-state index contributed by atoms with van der Waals surface area (Å²) in [6.45, 7) is 7.75. The fourth-order valence-corrected chi connectivity index (χ4v) is 1.98. The van der Waals surface area contributed by atoms with Gasteiger partial charge < -0.3 is 4.74 Å². The second-order valence-corrected chi connectivity index (χ2v) is 4.44. The molecule has 1 aromatic heterocycles. The number of esters is 1. The van der Waals surface area contributed by atoms with Crippen LogP contribution in [0.15, 0.2) is 0 Å². The first-order valence-electron chi connectivity index (χ1n) is 6.05. The molecule has 0 N–H and O–H groups in total. The first kappa shape index (κ1) is 15.0. The van der Waals surface area contributed by atoms with E-state index in [1.54, 1.807) is 18.7 Å². The number of rotatable bonds is 6. The van der Waals surface area contributed by atoms with Gasteiger partial charge in [0.05, 0.1) is 18.8 Å². The van der Waals surface area contributed by atoms with Crippen molar-refractivity contribution in [2.75, 3.05) is 19.7 Å². The second kappa shape index (κ2) is 6.75. The molecule has 0 spiro atoms. The summed E-state index contributed by atoms with van der Waals surface area (Å²) in [5, 5.41) is 4.88. The normalized spacial score (nSPS) is 11.0. The van der Waals surface area contributed by atoms with E-state index >= 15 is 0 Å². The van der Waals surface area contributed by atoms with Gasteiger partial charge in [0.1, 0.15) is 5.15 Å². The third-order valence-electron chi connectivity index (χ3n) is 2.76. The van der Waals surface area contributed by atoms with Gasteiger partial charge in [-0.2, -0.15) is 5.10 Å². The fourth-order valence-electron chi connectivity index (χ4n) is 1.75. The van der Waals surface area contributed by atoms with E-state index in [9.17, 15) is 4.79 Å². The molecule has 102 valence electrons. The van der Waals surface area contributed by atoms with Gasteiger partial charge in [-0.15, -0.1) is 0 Å². The monoisotopic (exact) mass is 273 g/mol. The highest BCUT2D eigenvalue weighted by molar-refractivity contribution is 6.30. The van der Waals surface area contributed by atoms with Crippen molar-refractivity contribution in [3.63, 3.8) is 0 Å². The minimum Gasteiger partial charge on any atom is -0.465 e. The molecule has 0 saturated carbocycles. The highest BCUT2D eigenvalue weighted by Crippen LogP contribution is 2.20. The van der Waals surface area contributed by atoms with Gasteiger partial charge in [-0.05, 0) is 20.4 Å². The molecule has 1 rings (SSSR count). The van der Waals surface area contributed by atoms with Crippen molar-refractivity contribution in [1.29, 1.82) is 0 Å². The highest BCUT2D eigenvalue weighted by Gasteiger charge is 2.16. The van der Waals surface area contributed by atoms with Crippen LogP contribution in [0.3, 0.4) is 0 Å². The summed E-state index contributed by atoms with van der Waals surface area (Å²) in [4.78, 5) is 13.4. The van der Waals surface area contributed by atoms with E-state index < -0.39 is 0 Å². The summed E-state index contributed by atoms with van der Waals surface area (Å²) < 4.78 is 6.59. The summed E-state index contributed by atoms with van der Waals surface area (Å²) in [6, 6.07) is 0. The third kappa shape index (κ3) is 3.71. The van der Waals surface area contributed by atoms with Crippen molar-refractivity contribution in [1.82, 2.24) is 14.7 Å². The molecular weight excluding hydrogens is 254 g/mol. The van der Waals surface area contributed by atoms with Crippen molar-refractivity contribution in [3.05, 3.63) is 16.4 Å². The van der Waals surface area contributed by atoms with Crippen molar-refractivity contribution in [3.8, 4) is 0 Å². The molecule has 5 nitrogen and oxygen atoms in total. The van der Waals surface area contributed by atoms with Gasteiger partial charge in [0, 0.05) is 19.2 Å². The van der Waals surface area contributed by atoms with Crippen molar-refractivity contribution >= 4 is 17.6 Å². The van der Waals surface area contributed by atoms with Gasteiger partial charge in [-0.3, -0.25) is 14.4 Å². The Kier molecular flexibility index (Phi) is 5.62. The summed E-state index contributed by atoms with van der Waals surface area (Å²) in [7, 11) is 1.81. The predicted molar refractivity (Wildman–Crippen MR) is 70.5 cm³/mol. The molecule has 0 unspecified atom stereocenters. The maximum Gasteiger partial charge on any atom is 0.320 e. The van der Waals surface area contributed by atoms with Crippen LogP contribution >= 0.6 is 11.6 Å². The zero-order valence-electron chi connectivity index (χ0n) is 11.4. The molecule has 18 heavy (non-hydrogen) atoms. The number of aromatic nitrogens is 2. The van der Waals surface area contributed by atoms with Gasteiger partial charge in [0.15, 0.2) is 0 Å². The zero-order valence-corrected chi connectivity index (χ0v) is 12.1. The van der Waals surface area contributed by atoms with Crippen LogP contribution < -0.4 is 0 Å². The summed E-state index contributed by atoms with van der Waals surface area (Å²) in [5.41, 5.74) is 1.86. The Morgan fingerprint density at radius 3 is 2.61 bits per heavy atom. The van der Waals surface area contributed by atoms with Crippen LogP contribution in [-0.4, -0.2) is 40.3 Å². The average molecular weight is 274 g/mol. The number of hydrogen-bond donors (Lipinski definition) is 0. The molecule has 0 aliphatic carbocycles. The molecule has 0 atom stereocenters. The van der Waals surface area contributed by atoms with Gasteiger partial charge in [0.2, 0.25) is 0 Å². The molecule has 0 fully saturated rings. The van der Waals surface area contributed by atoms with Crippen LogP contribution in [0.25, 0.3) is 0 Å². The van der Waals surface area contributed by atoms with Crippen LogP contribution in [0.5, 0.6) is 0 Å². The standard InChI is InChI=1S/C12H20ClN3O2/c1-5-16(8-11(17)18-6-2)7-10-9(3)14-15(4)12(10)13/h5-8H2,1-4H3. The van der Waals surface area contributed by atoms with Crippen LogP contribution in [0.2, 0.25) is 5.15 Å². The molecule has 0 bridgehead atoms. The minimum atomic E-state index is -0.211. The lowest BCUT2D eigenvalue weighted by atomic mass is 10.2. The number of carbonyl (C=O) groups is 1. The van der Waals surface area contributed by atoms with E-state index in [-0.39, 0.29) is 12.5 Å². The highest BCUT2D eigenvalue weighted by atomic mass is 35.5. The predicted octanol–water partition coefficient (Wildman–Crippen LogP) is 1.77. The summed E-state index contributed by atoms with van der Waals surface area (Å²) in [6.07, 6.45) is 0. The SMILES string of the molecule is CCOC(=O)CN(CC)Cc1c(C)nn(C)c1Cl.